The molecule has 1 amide bonds. The van der Waals surface area contributed by atoms with Gasteiger partial charge in [-0.3, -0.25) is 14.5 Å². The third kappa shape index (κ3) is 4.27. The number of aromatic nitrogens is 4. The fourth-order valence-electron chi connectivity index (χ4n) is 4.02. The van der Waals surface area contributed by atoms with E-state index in [2.05, 4.69) is 26.1 Å². The van der Waals surface area contributed by atoms with Gasteiger partial charge in [0.15, 0.2) is 5.82 Å². The maximum Gasteiger partial charge on any atom is 0.242 e. The Labute approximate surface area is 192 Å². The number of carbonyl (C=O) groups is 1. The van der Waals surface area contributed by atoms with Gasteiger partial charge in [-0.25, -0.2) is 9.97 Å². The lowest BCUT2D eigenvalue weighted by Gasteiger charge is -2.35. The zero-order valence-corrected chi connectivity index (χ0v) is 18.7. The van der Waals surface area contributed by atoms with E-state index in [0.29, 0.717) is 32.1 Å². The topological polar surface area (TPSA) is 88.7 Å². The van der Waals surface area contributed by atoms with Gasteiger partial charge in [0.2, 0.25) is 5.91 Å². The van der Waals surface area contributed by atoms with Crippen molar-refractivity contribution in [1.82, 2.24) is 29.5 Å². The minimum absolute atomic E-state index is 0.0786. The quantitative estimate of drug-likeness (QED) is 0.600. The molecule has 1 fully saturated rings. The Bertz CT molecular complexity index is 1220. The highest BCUT2D eigenvalue weighted by Crippen LogP contribution is 2.28. The second-order valence-electron chi connectivity index (χ2n) is 7.99. The van der Waals surface area contributed by atoms with Crippen molar-refractivity contribution >= 4 is 17.3 Å². The number of ether oxygens (including phenoxy) is 1. The molecule has 1 aromatic carbocycles. The van der Waals surface area contributed by atoms with E-state index in [9.17, 15) is 4.79 Å². The lowest BCUT2D eigenvalue weighted by molar-refractivity contribution is -0.135. The monoisotopic (exact) mass is 443 g/mol. The third-order valence-electron chi connectivity index (χ3n) is 5.80. The first-order valence-corrected chi connectivity index (χ1v) is 10.9. The van der Waals surface area contributed by atoms with Crippen LogP contribution in [0, 0.1) is 0 Å². The highest BCUT2D eigenvalue weighted by molar-refractivity contribution is 6.28. The largest absolute Gasteiger partial charge is 0.378 e. The van der Waals surface area contributed by atoms with Crippen LogP contribution in [0.25, 0.3) is 28.1 Å². The second kappa shape index (κ2) is 8.95. The van der Waals surface area contributed by atoms with Gasteiger partial charge in [-0.15, -0.1) is 0 Å². The van der Waals surface area contributed by atoms with E-state index in [1.165, 1.54) is 0 Å². The molecule has 0 saturated carbocycles. The number of amides is 1. The molecule has 0 spiro atoms. The summed E-state index contributed by atoms with van der Waals surface area (Å²) < 4.78 is 7.11. The first-order valence-electron chi connectivity index (χ1n) is 10.9. The Balaban J connectivity index is 1.30. The normalized spacial score (nSPS) is 17.2. The molecule has 0 N–H and O–H groups in total. The number of morpholine rings is 1. The van der Waals surface area contributed by atoms with Crippen LogP contribution in [-0.2, 0) is 16.6 Å². The van der Waals surface area contributed by atoms with Crippen molar-refractivity contribution in [2.24, 2.45) is 12.0 Å². The van der Waals surface area contributed by atoms with E-state index < -0.39 is 0 Å². The zero-order valence-electron chi connectivity index (χ0n) is 18.7. The molecule has 33 heavy (non-hydrogen) atoms. The lowest BCUT2D eigenvalue weighted by Crippen LogP contribution is -2.48. The van der Waals surface area contributed by atoms with Gasteiger partial charge in [0, 0.05) is 74.2 Å². The van der Waals surface area contributed by atoms with Crippen molar-refractivity contribution in [3.8, 4) is 22.5 Å². The van der Waals surface area contributed by atoms with Crippen LogP contribution in [0.15, 0.2) is 60.2 Å². The number of aliphatic imine (C=N–C) groups is 1. The van der Waals surface area contributed by atoms with Crippen LogP contribution in [0.2, 0.25) is 0 Å². The molecule has 2 aromatic heterocycles. The fourth-order valence-corrected chi connectivity index (χ4v) is 4.02. The second-order valence-corrected chi connectivity index (χ2v) is 7.99. The maximum atomic E-state index is 12.6. The molecule has 9 nitrogen and oxygen atoms in total. The average molecular weight is 444 g/mol. The maximum absolute atomic E-state index is 12.6. The number of amidine groups is 1. The van der Waals surface area contributed by atoms with Crippen LogP contribution in [0.5, 0.6) is 0 Å². The third-order valence-corrected chi connectivity index (χ3v) is 5.80. The van der Waals surface area contributed by atoms with Crippen LogP contribution in [0.4, 0.5) is 0 Å². The summed E-state index contributed by atoms with van der Waals surface area (Å²) in [5, 5.41) is 4.24. The molecule has 168 valence electrons. The van der Waals surface area contributed by atoms with Crippen molar-refractivity contribution < 1.29 is 9.53 Å². The van der Waals surface area contributed by atoms with Gasteiger partial charge >= 0.3 is 0 Å². The predicted octanol–water partition coefficient (Wildman–Crippen LogP) is 2.09. The molecule has 0 aliphatic carbocycles. The average Bonchev–Trinajstić information content (AvgIpc) is 3.29. The van der Waals surface area contributed by atoms with E-state index in [4.69, 9.17) is 4.74 Å². The van der Waals surface area contributed by atoms with Gasteiger partial charge in [-0.1, -0.05) is 18.2 Å². The first kappa shape index (κ1) is 21.0. The van der Waals surface area contributed by atoms with Crippen molar-refractivity contribution in [2.75, 3.05) is 39.9 Å². The van der Waals surface area contributed by atoms with Gasteiger partial charge in [0.1, 0.15) is 12.4 Å². The van der Waals surface area contributed by atoms with Crippen molar-refractivity contribution in [1.29, 1.82) is 0 Å². The van der Waals surface area contributed by atoms with Crippen LogP contribution in [0.3, 0.4) is 0 Å². The minimum Gasteiger partial charge on any atom is -0.378 e. The van der Waals surface area contributed by atoms with Crippen LogP contribution >= 0.6 is 0 Å². The number of aryl methyl sites for hydroxylation is 1. The Morgan fingerprint density at radius 1 is 1.06 bits per heavy atom. The predicted molar refractivity (Wildman–Crippen MR) is 125 cm³/mol. The van der Waals surface area contributed by atoms with E-state index in [-0.39, 0.29) is 12.5 Å². The van der Waals surface area contributed by atoms with Crippen LogP contribution < -0.4 is 0 Å². The molecule has 0 atom stereocenters. The van der Waals surface area contributed by atoms with Crippen molar-refractivity contribution in [2.45, 2.75) is 0 Å². The summed E-state index contributed by atoms with van der Waals surface area (Å²) in [6, 6.07) is 8.10. The fraction of sp³-hybridized carbons (Fsp3) is 0.292. The van der Waals surface area contributed by atoms with Gasteiger partial charge in [0.25, 0.3) is 0 Å². The minimum atomic E-state index is 0.0786. The SMILES string of the molecule is CN=C1C(c2cnc(-c3cccc(-c4cnn(C)c4)c3)nc2)=CN1CC(=O)N1CCOCC1. The van der Waals surface area contributed by atoms with Crippen molar-refractivity contribution in [3.05, 3.63) is 60.8 Å². The van der Waals surface area contributed by atoms with Crippen LogP contribution in [-0.4, -0.2) is 81.2 Å². The smallest absolute Gasteiger partial charge is 0.242 e. The first-order chi connectivity index (χ1) is 16.1. The number of nitrogens with zero attached hydrogens (tertiary/aromatic N) is 7. The molecule has 0 unspecified atom stereocenters. The van der Waals surface area contributed by atoms with E-state index in [1.54, 1.807) is 24.1 Å². The zero-order chi connectivity index (χ0) is 22.8. The number of rotatable bonds is 5. The van der Waals surface area contributed by atoms with Gasteiger partial charge < -0.3 is 14.5 Å². The Kier molecular flexibility index (Phi) is 5.70. The van der Waals surface area contributed by atoms with Gasteiger partial charge in [-0.05, 0) is 11.6 Å². The summed E-state index contributed by atoms with van der Waals surface area (Å²) in [5.74, 6) is 1.50. The summed E-state index contributed by atoms with van der Waals surface area (Å²) in [6.07, 6.45) is 9.36. The van der Waals surface area contributed by atoms with E-state index >= 15 is 0 Å². The standard InChI is InChI=1S/C24H25N7O2/c1-25-24-21(15-31(24)16-22(32)30-6-8-33-9-7-30)19-11-26-23(27-12-19)18-5-3-4-17(10-18)20-13-28-29(2)14-20/h3-5,10-15H,6-9,16H2,1-2H3. The Morgan fingerprint density at radius 3 is 2.52 bits per heavy atom. The van der Waals surface area contributed by atoms with Gasteiger partial charge in [-0.2, -0.15) is 5.10 Å². The summed E-state index contributed by atoms with van der Waals surface area (Å²) in [6.45, 7) is 2.74. The van der Waals surface area contributed by atoms with Crippen molar-refractivity contribution in [3.63, 3.8) is 0 Å². The molecule has 4 heterocycles. The molecule has 5 rings (SSSR count). The highest BCUT2D eigenvalue weighted by atomic mass is 16.5. The molecule has 9 heteroatoms. The molecule has 2 aliphatic rings. The summed E-state index contributed by atoms with van der Waals surface area (Å²) in [7, 11) is 3.63. The molecule has 3 aromatic rings. The summed E-state index contributed by atoms with van der Waals surface area (Å²) >= 11 is 0. The number of carbonyl (C=O) groups excluding carboxylic acids is 1. The summed E-state index contributed by atoms with van der Waals surface area (Å²) in [4.78, 5) is 29.8. The lowest BCUT2D eigenvalue weighted by atomic mass is 10.0. The molecular formula is C24H25N7O2. The number of benzene rings is 1. The molecule has 2 aliphatic heterocycles. The number of hydrogen-bond donors (Lipinski definition) is 0. The van der Waals surface area contributed by atoms with Crippen LogP contribution in [0.1, 0.15) is 5.56 Å². The van der Waals surface area contributed by atoms with E-state index in [1.807, 2.05) is 53.6 Å². The highest BCUT2D eigenvalue weighted by Gasteiger charge is 2.29. The Morgan fingerprint density at radius 2 is 1.82 bits per heavy atom. The van der Waals surface area contributed by atoms with Gasteiger partial charge in [0.05, 0.1) is 19.4 Å². The molecule has 0 radical (unpaired) electrons. The molecular weight excluding hydrogens is 418 g/mol. The summed E-state index contributed by atoms with van der Waals surface area (Å²) in [5.41, 5.74) is 4.86. The number of hydrogen-bond acceptors (Lipinski definition) is 6. The van der Waals surface area contributed by atoms with E-state index in [0.717, 1.165) is 33.7 Å². The Hall–Kier alpha value is -3.85. The molecule has 1 saturated heterocycles. The molecule has 0 bridgehead atoms.